The molecule has 6 nitrogen and oxygen atoms in total. The maximum atomic E-state index is 12.1. The maximum absolute atomic E-state index is 12.1. The number of aromatic nitrogens is 1. The molecule has 108 valence electrons. The van der Waals surface area contributed by atoms with Crippen molar-refractivity contribution in [2.45, 2.75) is 45.1 Å². The molecular formula is C14H19N3O3. The summed E-state index contributed by atoms with van der Waals surface area (Å²) in [6.45, 7) is 2.22. The molecule has 1 atom stereocenters. The molecule has 2 aliphatic rings. The zero-order valence-electron chi connectivity index (χ0n) is 11.6. The van der Waals surface area contributed by atoms with Crippen LogP contribution in [0, 0.1) is 5.92 Å². The van der Waals surface area contributed by atoms with E-state index in [-0.39, 0.29) is 17.9 Å². The number of fused-ring (bicyclic) bond motifs is 1. The lowest BCUT2D eigenvalue weighted by molar-refractivity contribution is -0.119. The molecule has 1 aromatic rings. The molecule has 2 N–H and O–H groups in total. The summed E-state index contributed by atoms with van der Waals surface area (Å²) < 4.78 is 5.26. The van der Waals surface area contributed by atoms with Crippen LogP contribution in [-0.2, 0) is 17.6 Å². The molecule has 0 bridgehead atoms. The Morgan fingerprint density at radius 1 is 1.35 bits per heavy atom. The van der Waals surface area contributed by atoms with Crippen LogP contribution in [0.2, 0.25) is 0 Å². The van der Waals surface area contributed by atoms with Gasteiger partial charge in [0.1, 0.15) is 5.76 Å². The van der Waals surface area contributed by atoms with Gasteiger partial charge in [0.05, 0.1) is 0 Å². The van der Waals surface area contributed by atoms with E-state index in [1.54, 1.807) is 0 Å². The summed E-state index contributed by atoms with van der Waals surface area (Å²) in [5.74, 6) is 1.21. The third kappa shape index (κ3) is 2.84. The highest BCUT2D eigenvalue weighted by atomic mass is 16.5. The fourth-order valence-electron chi connectivity index (χ4n) is 2.64. The predicted octanol–water partition coefficient (Wildman–Crippen LogP) is 0.808. The number of nitrogens with one attached hydrogen (secondary N) is 2. The predicted molar refractivity (Wildman–Crippen MR) is 71.2 cm³/mol. The van der Waals surface area contributed by atoms with Gasteiger partial charge in [0, 0.05) is 31.5 Å². The minimum absolute atomic E-state index is 0.0466. The van der Waals surface area contributed by atoms with E-state index in [0.717, 1.165) is 24.3 Å². The summed E-state index contributed by atoms with van der Waals surface area (Å²) in [6, 6.07) is 0.0642. The molecule has 1 saturated carbocycles. The van der Waals surface area contributed by atoms with Crippen LogP contribution in [-0.4, -0.2) is 29.6 Å². The van der Waals surface area contributed by atoms with E-state index in [9.17, 15) is 9.59 Å². The third-order valence-corrected chi connectivity index (χ3v) is 3.91. The molecule has 1 fully saturated rings. The SMILES string of the molecule is CC(=O)NC1CCc2onc(C(=O)NCC3CC3)c2C1. The van der Waals surface area contributed by atoms with E-state index in [2.05, 4.69) is 15.8 Å². The van der Waals surface area contributed by atoms with Crippen LogP contribution in [0.25, 0.3) is 0 Å². The molecule has 1 heterocycles. The van der Waals surface area contributed by atoms with Gasteiger partial charge in [-0.3, -0.25) is 9.59 Å². The fraction of sp³-hybridized carbons (Fsp3) is 0.643. The Labute approximate surface area is 117 Å². The van der Waals surface area contributed by atoms with Crippen molar-refractivity contribution in [3.63, 3.8) is 0 Å². The van der Waals surface area contributed by atoms with Crippen molar-refractivity contribution in [3.8, 4) is 0 Å². The van der Waals surface area contributed by atoms with Gasteiger partial charge < -0.3 is 15.2 Å². The summed E-state index contributed by atoms with van der Waals surface area (Å²) in [5, 5.41) is 9.71. The highest BCUT2D eigenvalue weighted by molar-refractivity contribution is 5.93. The van der Waals surface area contributed by atoms with Crippen LogP contribution in [0.15, 0.2) is 4.52 Å². The number of hydrogen-bond acceptors (Lipinski definition) is 4. The van der Waals surface area contributed by atoms with Crippen molar-refractivity contribution in [1.29, 1.82) is 0 Å². The van der Waals surface area contributed by atoms with Crippen LogP contribution in [0.3, 0.4) is 0 Å². The Morgan fingerprint density at radius 3 is 2.85 bits per heavy atom. The molecule has 3 rings (SSSR count). The number of amides is 2. The smallest absolute Gasteiger partial charge is 0.273 e. The van der Waals surface area contributed by atoms with Crippen molar-refractivity contribution in [3.05, 3.63) is 17.0 Å². The van der Waals surface area contributed by atoms with Crippen LogP contribution in [0.1, 0.15) is 48.0 Å². The summed E-state index contributed by atoms with van der Waals surface area (Å²) in [4.78, 5) is 23.3. The standard InChI is InChI=1S/C14H19N3O3/c1-8(18)16-10-4-5-12-11(6-10)13(17-20-12)14(19)15-7-9-2-3-9/h9-10H,2-7H2,1H3,(H,15,19)(H,16,18). The molecule has 0 spiro atoms. The maximum Gasteiger partial charge on any atom is 0.273 e. The average molecular weight is 277 g/mol. The van der Waals surface area contributed by atoms with Crippen molar-refractivity contribution in [1.82, 2.24) is 15.8 Å². The zero-order chi connectivity index (χ0) is 14.1. The van der Waals surface area contributed by atoms with Gasteiger partial charge in [-0.1, -0.05) is 5.16 Å². The van der Waals surface area contributed by atoms with Crippen LogP contribution >= 0.6 is 0 Å². The van der Waals surface area contributed by atoms with E-state index < -0.39 is 0 Å². The van der Waals surface area contributed by atoms with E-state index >= 15 is 0 Å². The average Bonchev–Trinajstić information content (AvgIpc) is 3.14. The zero-order valence-corrected chi connectivity index (χ0v) is 11.6. The lowest BCUT2D eigenvalue weighted by atomic mass is 9.92. The molecule has 2 aliphatic carbocycles. The van der Waals surface area contributed by atoms with E-state index in [1.807, 2.05) is 0 Å². The Balaban J connectivity index is 1.68. The second-order valence-corrected chi connectivity index (χ2v) is 5.73. The number of rotatable bonds is 4. The molecule has 6 heteroatoms. The van der Waals surface area contributed by atoms with Crippen molar-refractivity contribution >= 4 is 11.8 Å². The van der Waals surface area contributed by atoms with Gasteiger partial charge in [-0.25, -0.2) is 0 Å². The first-order valence-corrected chi connectivity index (χ1v) is 7.16. The Morgan fingerprint density at radius 2 is 2.15 bits per heavy atom. The number of nitrogens with zero attached hydrogens (tertiary/aromatic N) is 1. The number of carbonyl (C=O) groups excluding carboxylic acids is 2. The highest BCUT2D eigenvalue weighted by Gasteiger charge is 2.30. The third-order valence-electron chi connectivity index (χ3n) is 3.91. The Kier molecular flexibility index (Phi) is 3.46. The molecule has 20 heavy (non-hydrogen) atoms. The molecule has 0 aromatic carbocycles. The van der Waals surface area contributed by atoms with Crippen molar-refractivity contribution in [2.75, 3.05) is 6.54 Å². The minimum atomic E-state index is -0.162. The van der Waals surface area contributed by atoms with Crippen LogP contribution in [0.4, 0.5) is 0 Å². The van der Waals surface area contributed by atoms with Crippen molar-refractivity contribution < 1.29 is 14.1 Å². The molecular weight excluding hydrogens is 258 g/mol. The van der Waals surface area contributed by atoms with Crippen molar-refractivity contribution in [2.24, 2.45) is 5.92 Å². The number of hydrogen-bond donors (Lipinski definition) is 2. The number of aryl methyl sites for hydroxylation is 1. The fourth-order valence-corrected chi connectivity index (χ4v) is 2.64. The molecule has 1 aromatic heterocycles. The number of carbonyl (C=O) groups is 2. The summed E-state index contributed by atoms with van der Waals surface area (Å²) in [6.07, 6.45) is 4.54. The normalized spacial score (nSPS) is 21.1. The van der Waals surface area contributed by atoms with Gasteiger partial charge in [-0.2, -0.15) is 0 Å². The monoisotopic (exact) mass is 277 g/mol. The molecule has 0 aliphatic heterocycles. The second kappa shape index (κ2) is 5.26. The van der Waals surface area contributed by atoms with Gasteiger partial charge >= 0.3 is 0 Å². The van der Waals surface area contributed by atoms with Crippen LogP contribution in [0.5, 0.6) is 0 Å². The quantitative estimate of drug-likeness (QED) is 0.853. The molecule has 0 saturated heterocycles. The summed E-state index contributed by atoms with van der Waals surface area (Å²) in [5.41, 5.74) is 1.24. The molecule has 1 unspecified atom stereocenters. The summed E-state index contributed by atoms with van der Waals surface area (Å²) in [7, 11) is 0. The van der Waals surface area contributed by atoms with E-state index in [4.69, 9.17) is 4.52 Å². The summed E-state index contributed by atoms with van der Waals surface area (Å²) >= 11 is 0. The molecule has 2 amide bonds. The lowest BCUT2D eigenvalue weighted by Gasteiger charge is -2.21. The largest absolute Gasteiger partial charge is 0.360 e. The Bertz CT molecular complexity index is 534. The van der Waals surface area contributed by atoms with Gasteiger partial charge in [0.15, 0.2) is 5.69 Å². The van der Waals surface area contributed by atoms with Crippen LogP contribution < -0.4 is 10.6 Å². The second-order valence-electron chi connectivity index (χ2n) is 5.73. The van der Waals surface area contributed by atoms with E-state index in [1.165, 1.54) is 19.8 Å². The topological polar surface area (TPSA) is 84.2 Å². The van der Waals surface area contributed by atoms with Gasteiger partial charge in [0.25, 0.3) is 5.91 Å². The lowest BCUT2D eigenvalue weighted by Crippen LogP contribution is -2.38. The molecule has 0 radical (unpaired) electrons. The van der Waals surface area contributed by atoms with Gasteiger partial charge in [-0.15, -0.1) is 0 Å². The Hall–Kier alpha value is -1.85. The first kappa shape index (κ1) is 13.1. The first-order chi connectivity index (χ1) is 9.63. The first-order valence-electron chi connectivity index (χ1n) is 7.16. The van der Waals surface area contributed by atoms with E-state index in [0.29, 0.717) is 24.5 Å². The highest BCUT2D eigenvalue weighted by Crippen LogP contribution is 2.28. The van der Waals surface area contributed by atoms with Gasteiger partial charge in [-0.05, 0) is 31.6 Å². The minimum Gasteiger partial charge on any atom is -0.360 e. The van der Waals surface area contributed by atoms with Gasteiger partial charge in [0.2, 0.25) is 5.91 Å².